The SMILES string of the molecule is CC(C)CCCC(C)[C@H]1CCC2C3CC=C4CC(OC(=O)NCCCCCC(=O)N5CC(C)C(OC(=O)CCC(=O)O)C5)CC[C@]4(C)C3CC[C@@]21C. The zero-order valence-corrected chi connectivity index (χ0v) is 33.3. The molecule has 294 valence electrons. The number of carboxylic acids is 1. The number of unbranched alkanes of at least 4 members (excludes halogenated alkanes) is 2. The Kier molecular flexibility index (Phi) is 13.8. The number of esters is 1. The van der Waals surface area contributed by atoms with Crippen molar-refractivity contribution >= 4 is 23.9 Å². The predicted molar refractivity (Wildman–Crippen MR) is 202 cm³/mol. The van der Waals surface area contributed by atoms with E-state index in [4.69, 9.17) is 14.6 Å². The Morgan fingerprint density at radius 1 is 0.904 bits per heavy atom. The summed E-state index contributed by atoms with van der Waals surface area (Å²) in [6.45, 7) is 15.8. The van der Waals surface area contributed by atoms with Gasteiger partial charge in [0.05, 0.1) is 19.4 Å². The number of carboxylic acid groups (broad SMARTS) is 1. The minimum Gasteiger partial charge on any atom is -0.481 e. The standard InChI is InChI=1S/C43H70N2O7/c1-28(2)11-10-12-29(3)34-16-17-35-33-15-14-31-25-32(20-22-42(31,5)36(33)21-23-43(34,35)6)51-41(50)44-24-9-7-8-13-38(46)45-26-30(4)37(27-45)52-40(49)19-18-39(47)48/h14,28-30,32-37H,7-13,15-27H2,1-6H3,(H,44,50)(H,47,48)/t29?,30?,32?,33?,34-,35?,36?,37?,42+,43-/m1/s1. The van der Waals surface area contributed by atoms with Crippen molar-refractivity contribution < 1.29 is 33.8 Å². The molecule has 0 spiro atoms. The van der Waals surface area contributed by atoms with Crippen LogP contribution >= 0.6 is 0 Å². The number of ether oxygens (including phenoxy) is 2. The van der Waals surface area contributed by atoms with E-state index in [9.17, 15) is 19.2 Å². The average molecular weight is 727 g/mol. The summed E-state index contributed by atoms with van der Waals surface area (Å²) >= 11 is 0. The number of carbonyl (C=O) groups is 4. The second kappa shape index (κ2) is 17.7. The number of allylic oxidation sites excluding steroid dienone is 1. The second-order valence-electron chi connectivity index (χ2n) is 18.5. The van der Waals surface area contributed by atoms with Crippen LogP contribution in [0.15, 0.2) is 11.6 Å². The van der Waals surface area contributed by atoms with Gasteiger partial charge in [-0.05, 0) is 104 Å². The summed E-state index contributed by atoms with van der Waals surface area (Å²) in [5.41, 5.74) is 2.27. The number of carbonyl (C=O) groups excluding carboxylic acids is 3. The highest BCUT2D eigenvalue weighted by atomic mass is 16.6. The summed E-state index contributed by atoms with van der Waals surface area (Å²) in [7, 11) is 0. The number of hydrogen-bond donors (Lipinski definition) is 2. The number of fused-ring (bicyclic) bond motifs is 5. The van der Waals surface area contributed by atoms with Crippen molar-refractivity contribution in [1.82, 2.24) is 10.2 Å². The monoisotopic (exact) mass is 727 g/mol. The van der Waals surface area contributed by atoms with E-state index in [0.717, 1.165) is 74.0 Å². The Bertz CT molecular complexity index is 1300. The maximum atomic E-state index is 12.8. The van der Waals surface area contributed by atoms with E-state index in [0.29, 0.717) is 31.5 Å². The Labute approximate surface area is 313 Å². The fourth-order valence-corrected chi connectivity index (χ4v) is 11.6. The molecule has 3 saturated carbocycles. The number of hydrogen-bond acceptors (Lipinski definition) is 6. The molecule has 0 radical (unpaired) electrons. The van der Waals surface area contributed by atoms with Crippen LogP contribution in [0.5, 0.6) is 0 Å². The van der Waals surface area contributed by atoms with Crippen molar-refractivity contribution in [1.29, 1.82) is 0 Å². The van der Waals surface area contributed by atoms with Gasteiger partial charge in [-0.2, -0.15) is 0 Å². The van der Waals surface area contributed by atoms with Crippen molar-refractivity contribution in [2.45, 2.75) is 163 Å². The lowest BCUT2D eigenvalue weighted by Gasteiger charge is -2.58. The molecular formula is C43H70N2O7. The highest BCUT2D eigenvalue weighted by molar-refractivity contribution is 5.78. The molecule has 52 heavy (non-hydrogen) atoms. The first-order valence-electron chi connectivity index (χ1n) is 21.0. The van der Waals surface area contributed by atoms with Crippen molar-refractivity contribution in [3.05, 3.63) is 11.6 Å². The van der Waals surface area contributed by atoms with E-state index in [1.54, 1.807) is 4.90 Å². The lowest BCUT2D eigenvalue weighted by Crippen LogP contribution is -2.51. The van der Waals surface area contributed by atoms with E-state index in [-0.39, 0.29) is 42.3 Å². The summed E-state index contributed by atoms with van der Waals surface area (Å²) in [5, 5.41) is 11.7. The molecule has 0 aromatic carbocycles. The van der Waals surface area contributed by atoms with Crippen LogP contribution in [0.1, 0.15) is 151 Å². The summed E-state index contributed by atoms with van der Waals surface area (Å²) in [4.78, 5) is 49.9. The van der Waals surface area contributed by atoms with Crippen LogP contribution in [0.4, 0.5) is 4.79 Å². The van der Waals surface area contributed by atoms with Gasteiger partial charge in [0.25, 0.3) is 0 Å². The van der Waals surface area contributed by atoms with Gasteiger partial charge in [-0.25, -0.2) is 4.79 Å². The van der Waals surface area contributed by atoms with Gasteiger partial charge in [0.2, 0.25) is 5.91 Å². The van der Waals surface area contributed by atoms with Crippen LogP contribution in [0.3, 0.4) is 0 Å². The lowest BCUT2D eigenvalue weighted by atomic mass is 9.47. The van der Waals surface area contributed by atoms with Crippen LogP contribution in [0.25, 0.3) is 0 Å². The van der Waals surface area contributed by atoms with Crippen LogP contribution in [0.2, 0.25) is 0 Å². The summed E-state index contributed by atoms with van der Waals surface area (Å²) in [6, 6.07) is 0. The predicted octanol–water partition coefficient (Wildman–Crippen LogP) is 8.94. The fourth-order valence-electron chi connectivity index (χ4n) is 11.6. The Balaban J connectivity index is 0.989. The van der Waals surface area contributed by atoms with Crippen molar-refractivity contribution in [3.8, 4) is 0 Å². The second-order valence-corrected chi connectivity index (χ2v) is 18.5. The Morgan fingerprint density at radius 3 is 2.44 bits per heavy atom. The Hall–Kier alpha value is -2.58. The molecule has 9 nitrogen and oxygen atoms in total. The molecular weight excluding hydrogens is 656 g/mol. The topological polar surface area (TPSA) is 122 Å². The van der Waals surface area contributed by atoms with Crippen LogP contribution in [-0.2, 0) is 23.9 Å². The van der Waals surface area contributed by atoms with E-state index >= 15 is 0 Å². The Morgan fingerprint density at radius 2 is 1.69 bits per heavy atom. The molecule has 1 heterocycles. The lowest BCUT2D eigenvalue weighted by molar-refractivity contribution is -0.153. The third-order valence-corrected chi connectivity index (χ3v) is 14.6. The molecule has 2 N–H and O–H groups in total. The molecule has 1 saturated heterocycles. The highest BCUT2D eigenvalue weighted by Crippen LogP contribution is 2.67. The number of nitrogens with zero attached hydrogens (tertiary/aromatic N) is 1. The van der Waals surface area contributed by atoms with Crippen molar-refractivity contribution in [2.75, 3.05) is 19.6 Å². The quantitative estimate of drug-likeness (QED) is 0.0925. The van der Waals surface area contributed by atoms with E-state index in [1.807, 2.05) is 6.92 Å². The minimum atomic E-state index is -1.03. The van der Waals surface area contributed by atoms with Crippen molar-refractivity contribution in [2.24, 2.45) is 52.3 Å². The zero-order valence-electron chi connectivity index (χ0n) is 33.3. The summed E-state index contributed by atoms with van der Waals surface area (Å²) in [6.07, 6.45) is 17.9. The molecule has 9 heteroatoms. The molecule has 2 amide bonds. The van der Waals surface area contributed by atoms with Crippen LogP contribution in [0, 0.1) is 52.3 Å². The molecule has 4 aliphatic carbocycles. The number of aliphatic carboxylic acids is 1. The first-order valence-corrected chi connectivity index (χ1v) is 21.0. The largest absolute Gasteiger partial charge is 0.481 e. The minimum absolute atomic E-state index is 0.0128. The van der Waals surface area contributed by atoms with Gasteiger partial charge >= 0.3 is 18.0 Å². The summed E-state index contributed by atoms with van der Waals surface area (Å²) in [5.74, 6) is 3.39. The number of rotatable bonds is 16. The van der Waals surface area contributed by atoms with Gasteiger partial charge in [0.15, 0.2) is 0 Å². The molecule has 0 aromatic heterocycles. The average Bonchev–Trinajstić information content (AvgIpc) is 3.64. The van der Waals surface area contributed by atoms with Gasteiger partial charge in [-0.15, -0.1) is 0 Å². The van der Waals surface area contributed by atoms with Gasteiger partial charge in [-0.3, -0.25) is 14.4 Å². The zero-order chi connectivity index (χ0) is 37.6. The summed E-state index contributed by atoms with van der Waals surface area (Å²) < 4.78 is 11.4. The van der Waals surface area contributed by atoms with Gasteiger partial charge in [-0.1, -0.05) is 78.9 Å². The molecule has 0 bridgehead atoms. The molecule has 1 aliphatic heterocycles. The molecule has 5 aliphatic rings. The number of amides is 2. The van der Waals surface area contributed by atoms with E-state index in [1.165, 1.54) is 56.9 Å². The molecule has 10 atom stereocenters. The van der Waals surface area contributed by atoms with Crippen LogP contribution in [-0.4, -0.2) is 65.8 Å². The van der Waals surface area contributed by atoms with Crippen LogP contribution < -0.4 is 5.32 Å². The van der Waals surface area contributed by atoms with E-state index < -0.39 is 18.0 Å². The molecule has 4 fully saturated rings. The highest BCUT2D eigenvalue weighted by Gasteiger charge is 2.59. The maximum absolute atomic E-state index is 12.8. The fraction of sp³-hybridized carbons (Fsp3) is 0.860. The molecule has 5 rings (SSSR count). The first-order chi connectivity index (χ1) is 24.7. The first kappa shape index (κ1) is 40.6. The third-order valence-electron chi connectivity index (χ3n) is 14.6. The van der Waals surface area contributed by atoms with Crippen molar-refractivity contribution in [3.63, 3.8) is 0 Å². The number of alkyl carbamates (subject to hydrolysis) is 1. The smallest absolute Gasteiger partial charge is 0.407 e. The van der Waals surface area contributed by atoms with Gasteiger partial charge in [0.1, 0.15) is 12.2 Å². The maximum Gasteiger partial charge on any atom is 0.407 e. The van der Waals surface area contributed by atoms with Gasteiger partial charge < -0.3 is 24.8 Å². The molecule has 0 aromatic rings. The normalized spacial score (nSPS) is 34.5. The van der Waals surface area contributed by atoms with Gasteiger partial charge in [0, 0.05) is 31.8 Å². The number of nitrogens with one attached hydrogen (secondary N) is 1. The third kappa shape index (κ3) is 9.55. The van der Waals surface area contributed by atoms with E-state index in [2.05, 4.69) is 46.0 Å². The number of likely N-dealkylation sites (tertiary alicyclic amines) is 1. The molecule has 7 unspecified atom stereocenters.